The minimum atomic E-state index is 0.408. The van der Waals surface area contributed by atoms with E-state index in [0.29, 0.717) is 11.2 Å². The van der Waals surface area contributed by atoms with Gasteiger partial charge in [-0.05, 0) is 53.9 Å². The van der Waals surface area contributed by atoms with Gasteiger partial charge in [-0.25, -0.2) is 0 Å². The Labute approximate surface area is 92.1 Å². The smallest absolute Gasteiger partial charge is 0.115 e. The molecule has 1 N–H and O–H groups in total. The maximum Gasteiger partial charge on any atom is 0.115 e. The van der Waals surface area contributed by atoms with Gasteiger partial charge in [-0.1, -0.05) is 26.8 Å². The summed E-state index contributed by atoms with van der Waals surface area (Å²) >= 11 is 0. The summed E-state index contributed by atoms with van der Waals surface area (Å²) in [4.78, 5) is 0. The molecule has 82 valence electrons. The molecule has 15 heavy (non-hydrogen) atoms. The molecule has 0 spiro atoms. The summed E-state index contributed by atoms with van der Waals surface area (Å²) in [5.74, 6) is 1.17. The summed E-state index contributed by atoms with van der Waals surface area (Å²) < 4.78 is 0. The first-order valence-electron chi connectivity index (χ1n) is 5.75. The third-order valence-corrected chi connectivity index (χ3v) is 3.11. The largest absolute Gasteiger partial charge is 0.508 e. The van der Waals surface area contributed by atoms with Gasteiger partial charge in [0.25, 0.3) is 0 Å². The highest BCUT2D eigenvalue weighted by Crippen LogP contribution is 2.36. The Bertz CT molecular complexity index is 360. The van der Waals surface area contributed by atoms with Crippen molar-refractivity contribution >= 4 is 0 Å². The number of hydrogen-bond acceptors (Lipinski definition) is 1. The highest BCUT2D eigenvalue weighted by atomic mass is 16.3. The summed E-state index contributed by atoms with van der Waals surface area (Å²) in [6.45, 7) is 6.90. The van der Waals surface area contributed by atoms with Gasteiger partial charge in [-0.3, -0.25) is 0 Å². The van der Waals surface area contributed by atoms with Crippen LogP contribution in [-0.4, -0.2) is 5.11 Å². The quantitative estimate of drug-likeness (QED) is 0.741. The molecule has 1 unspecified atom stereocenters. The van der Waals surface area contributed by atoms with E-state index in [4.69, 9.17) is 0 Å². The average Bonchev–Trinajstić information content (AvgIpc) is 2.42. The lowest BCUT2D eigenvalue weighted by Crippen LogP contribution is -2.13. The predicted molar refractivity (Wildman–Crippen MR) is 63.1 cm³/mol. The number of phenolic OH excluding ortho intramolecular Hbond substituents is 1. The van der Waals surface area contributed by atoms with Crippen molar-refractivity contribution < 1.29 is 5.11 Å². The number of rotatable bonds is 1. The molecule has 0 aliphatic heterocycles. The second-order valence-corrected chi connectivity index (χ2v) is 5.99. The number of fused-ring (bicyclic) bond motifs is 1. The zero-order valence-electron chi connectivity index (χ0n) is 9.88. The Hall–Kier alpha value is -0.980. The van der Waals surface area contributed by atoms with Crippen LogP contribution in [0.1, 0.15) is 38.3 Å². The molecule has 2 rings (SSSR count). The maximum absolute atomic E-state index is 9.42. The lowest BCUT2D eigenvalue weighted by atomic mass is 9.83. The predicted octanol–water partition coefficient (Wildman–Crippen LogP) is 3.54. The van der Waals surface area contributed by atoms with Crippen molar-refractivity contribution in [1.82, 2.24) is 0 Å². The second kappa shape index (κ2) is 3.55. The molecule has 0 radical (unpaired) electrons. The molecule has 0 saturated heterocycles. The van der Waals surface area contributed by atoms with Crippen LogP contribution in [0.3, 0.4) is 0 Å². The van der Waals surface area contributed by atoms with Gasteiger partial charge in [0.1, 0.15) is 5.75 Å². The zero-order chi connectivity index (χ0) is 11.1. The summed E-state index contributed by atoms with van der Waals surface area (Å²) in [6, 6.07) is 5.81. The van der Waals surface area contributed by atoms with Gasteiger partial charge in [-0.2, -0.15) is 0 Å². The van der Waals surface area contributed by atoms with Gasteiger partial charge in [0.15, 0.2) is 0 Å². The van der Waals surface area contributed by atoms with E-state index in [1.165, 1.54) is 24.0 Å². The molecule has 1 aromatic carbocycles. The van der Waals surface area contributed by atoms with Gasteiger partial charge in [0, 0.05) is 0 Å². The van der Waals surface area contributed by atoms with Gasteiger partial charge < -0.3 is 5.11 Å². The fraction of sp³-hybridized carbons (Fsp3) is 0.571. The molecule has 1 atom stereocenters. The molecular weight excluding hydrogens is 184 g/mol. The molecule has 0 heterocycles. The summed E-state index contributed by atoms with van der Waals surface area (Å²) in [6.07, 6.45) is 3.59. The van der Waals surface area contributed by atoms with Crippen molar-refractivity contribution in [2.45, 2.75) is 40.0 Å². The van der Waals surface area contributed by atoms with Gasteiger partial charge in [-0.15, -0.1) is 0 Å². The van der Waals surface area contributed by atoms with E-state index in [-0.39, 0.29) is 0 Å². The summed E-state index contributed by atoms with van der Waals surface area (Å²) in [5, 5.41) is 9.42. The van der Waals surface area contributed by atoms with E-state index in [1.807, 2.05) is 6.07 Å². The monoisotopic (exact) mass is 204 g/mol. The van der Waals surface area contributed by atoms with Crippen molar-refractivity contribution in [3.8, 4) is 5.75 Å². The van der Waals surface area contributed by atoms with Crippen LogP contribution >= 0.6 is 0 Å². The Morgan fingerprint density at radius 1 is 1.20 bits per heavy atom. The fourth-order valence-corrected chi connectivity index (χ4v) is 2.71. The van der Waals surface area contributed by atoms with Crippen LogP contribution in [0.2, 0.25) is 0 Å². The molecular formula is C14H20O. The minimum Gasteiger partial charge on any atom is -0.508 e. The maximum atomic E-state index is 9.42. The SMILES string of the molecule is CC(C)(C)CC1Cc2ccc(O)cc2C1. The van der Waals surface area contributed by atoms with Crippen LogP contribution in [0, 0.1) is 11.3 Å². The highest BCUT2D eigenvalue weighted by molar-refractivity contribution is 5.38. The van der Waals surface area contributed by atoms with Crippen LogP contribution in [0.25, 0.3) is 0 Å². The molecule has 1 aliphatic carbocycles. The Morgan fingerprint density at radius 2 is 1.87 bits per heavy atom. The van der Waals surface area contributed by atoms with E-state index in [9.17, 15) is 5.11 Å². The van der Waals surface area contributed by atoms with Crippen molar-refractivity contribution in [3.05, 3.63) is 29.3 Å². The highest BCUT2D eigenvalue weighted by Gasteiger charge is 2.25. The molecule has 1 aromatic rings. The van der Waals surface area contributed by atoms with Crippen LogP contribution in [0.4, 0.5) is 0 Å². The number of hydrogen-bond donors (Lipinski definition) is 1. The molecule has 1 aliphatic rings. The third-order valence-electron chi connectivity index (χ3n) is 3.11. The number of benzene rings is 1. The number of phenols is 1. The van der Waals surface area contributed by atoms with Crippen LogP contribution < -0.4 is 0 Å². The lowest BCUT2D eigenvalue weighted by Gasteiger charge is -2.22. The normalized spacial score (nSPS) is 20.3. The first kappa shape index (κ1) is 10.5. The molecule has 1 heteroatoms. The lowest BCUT2D eigenvalue weighted by molar-refractivity contribution is 0.300. The average molecular weight is 204 g/mol. The Morgan fingerprint density at radius 3 is 2.53 bits per heavy atom. The summed E-state index contributed by atoms with van der Waals surface area (Å²) in [5.41, 5.74) is 3.20. The second-order valence-electron chi connectivity index (χ2n) is 5.99. The van der Waals surface area contributed by atoms with Crippen LogP contribution in [-0.2, 0) is 12.8 Å². The van der Waals surface area contributed by atoms with Crippen LogP contribution in [0.5, 0.6) is 5.75 Å². The van der Waals surface area contributed by atoms with E-state index >= 15 is 0 Å². The van der Waals surface area contributed by atoms with Crippen molar-refractivity contribution in [1.29, 1.82) is 0 Å². The minimum absolute atomic E-state index is 0.408. The van der Waals surface area contributed by atoms with Crippen molar-refractivity contribution in [2.24, 2.45) is 11.3 Å². The van der Waals surface area contributed by atoms with E-state index in [1.54, 1.807) is 6.07 Å². The van der Waals surface area contributed by atoms with Crippen molar-refractivity contribution in [3.63, 3.8) is 0 Å². The summed E-state index contributed by atoms with van der Waals surface area (Å²) in [7, 11) is 0. The van der Waals surface area contributed by atoms with Crippen molar-refractivity contribution in [2.75, 3.05) is 0 Å². The first-order valence-corrected chi connectivity index (χ1v) is 5.75. The van der Waals surface area contributed by atoms with Gasteiger partial charge in [0.05, 0.1) is 0 Å². The number of aromatic hydroxyl groups is 1. The molecule has 0 bridgehead atoms. The van der Waals surface area contributed by atoms with Gasteiger partial charge in [0.2, 0.25) is 0 Å². The molecule has 0 fully saturated rings. The molecule has 0 amide bonds. The molecule has 0 aromatic heterocycles. The topological polar surface area (TPSA) is 20.2 Å². The molecule has 0 saturated carbocycles. The molecule has 1 nitrogen and oxygen atoms in total. The standard InChI is InChI=1S/C14H20O/c1-14(2,3)9-10-6-11-4-5-13(15)8-12(11)7-10/h4-5,8,10,15H,6-7,9H2,1-3H3. The van der Waals surface area contributed by atoms with E-state index < -0.39 is 0 Å². The van der Waals surface area contributed by atoms with E-state index in [2.05, 4.69) is 26.8 Å². The van der Waals surface area contributed by atoms with E-state index in [0.717, 1.165) is 12.3 Å². The first-order chi connectivity index (χ1) is 6.94. The third kappa shape index (κ3) is 2.53. The Balaban J connectivity index is 2.09. The zero-order valence-corrected chi connectivity index (χ0v) is 9.88. The Kier molecular flexibility index (Phi) is 2.49. The fourth-order valence-electron chi connectivity index (χ4n) is 2.71. The van der Waals surface area contributed by atoms with Crippen LogP contribution in [0.15, 0.2) is 18.2 Å². The van der Waals surface area contributed by atoms with Gasteiger partial charge >= 0.3 is 0 Å².